The maximum atomic E-state index is 11.9. The smallest absolute Gasteiger partial charge is 0.221 e. The van der Waals surface area contributed by atoms with Gasteiger partial charge in [-0.25, -0.2) is 0 Å². The third-order valence-electron chi connectivity index (χ3n) is 3.84. The summed E-state index contributed by atoms with van der Waals surface area (Å²) in [7, 11) is 0. The van der Waals surface area contributed by atoms with Crippen molar-refractivity contribution in [3.8, 4) is 0 Å². The summed E-state index contributed by atoms with van der Waals surface area (Å²) in [6.45, 7) is 1.40. The van der Waals surface area contributed by atoms with Crippen LogP contribution in [0.4, 0.5) is 0 Å². The molecule has 22 heavy (non-hydrogen) atoms. The molecule has 0 saturated heterocycles. The summed E-state index contributed by atoms with van der Waals surface area (Å²) in [5, 5.41) is 4.20. The van der Waals surface area contributed by atoms with Crippen LogP contribution in [0, 0.1) is 0 Å². The SMILES string of the molecule is O=C(CCn1ccc2ccccc21)NCCc1ccccc1. The molecular weight excluding hydrogens is 272 g/mol. The molecule has 3 aromatic rings. The average Bonchev–Trinajstić information content (AvgIpc) is 2.97. The number of hydrogen-bond acceptors (Lipinski definition) is 1. The normalized spacial score (nSPS) is 10.7. The van der Waals surface area contributed by atoms with Gasteiger partial charge in [-0.05, 0) is 29.5 Å². The first-order chi connectivity index (χ1) is 10.8. The minimum atomic E-state index is 0.105. The summed E-state index contributed by atoms with van der Waals surface area (Å²) in [6.07, 6.45) is 3.43. The number of fused-ring (bicyclic) bond motifs is 1. The van der Waals surface area contributed by atoms with Crippen molar-refractivity contribution in [2.24, 2.45) is 0 Å². The minimum Gasteiger partial charge on any atom is -0.356 e. The predicted molar refractivity (Wildman–Crippen MR) is 89.7 cm³/mol. The van der Waals surface area contributed by atoms with E-state index in [9.17, 15) is 4.79 Å². The van der Waals surface area contributed by atoms with Crippen LogP contribution in [0.25, 0.3) is 10.9 Å². The van der Waals surface area contributed by atoms with Crippen molar-refractivity contribution in [1.82, 2.24) is 9.88 Å². The molecule has 0 aliphatic carbocycles. The van der Waals surface area contributed by atoms with E-state index in [-0.39, 0.29) is 5.91 Å². The zero-order valence-corrected chi connectivity index (χ0v) is 12.5. The number of para-hydroxylation sites is 1. The highest BCUT2D eigenvalue weighted by atomic mass is 16.1. The van der Waals surface area contributed by atoms with Crippen LogP contribution in [0.15, 0.2) is 66.9 Å². The monoisotopic (exact) mass is 292 g/mol. The number of rotatable bonds is 6. The molecule has 0 saturated carbocycles. The first-order valence-corrected chi connectivity index (χ1v) is 7.67. The lowest BCUT2D eigenvalue weighted by atomic mass is 10.1. The molecule has 3 nitrogen and oxygen atoms in total. The summed E-state index contributed by atoms with van der Waals surface area (Å²) in [5.74, 6) is 0.105. The third-order valence-corrected chi connectivity index (χ3v) is 3.84. The van der Waals surface area contributed by atoms with Gasteiger partial charge in [-0.3, -0.25) is 4.79 Å². The van der Waals surface area contributed by atoms with E-state index in [2.05, 4.69) is 40.2 Å². The lowest BCUT2D eigenvalue weighted by Gasteiger charge is -2.07. The standard InChI is InChI=1S/C19H20N2O/c22-19(20-13-10-16-6-2-1-3-7-16)12-15-21-14-11-17-8-4-5-9-18(17)21/h1-9,11,14H,10,12-13,15H2,(H,20,22). The Morgan fingerprint density at radius 1 is 0.955 bits per heavy atom. The van der Waals surface area contributed by atoms with Crippen molar-refractivity contribution in [3.63, 3.8) is 0 Å². The number of benzene rings is 2. The van der Waals surface area contributed by atoms with Gasteiger partial charge in [0.25, 0.3) is 0 Å². The summed E-state index contributed by atoms with van der Waals surface area (Å²) in [5.41, 5.74) is 2.43. The molecule has 1 amide bonds. The number of carbonyl (C=O) groups excluding carboxylic acids is 1. The molecule has 0 atom stereocenters. The highest BCUT2D eigenvalue weighted by molar-refractivity contribution is 5.80. The van der Waals surface area contributed by atoms with Crippen LogP contribution in [0.3, 0.4) is 0 Å². The highest BCUT2D eigenvalue weighted by Gasteiger charge is 2.04. The van der Waals surface area contributed by atoms with Crippen LogP contribution >= 0.6 is 0 Å². The quantitative estimate of drug-likeness (QED) is 0.742. The summed E-state index contributed by atoms with van der Waals surface area (Å²) < 4.78 is 2.13. The molecule has 112 valence electrons. The van der Waals surface area contributed by atoms with Gasteiger partial charge < -0.3 is 9.88 Å². The molecule has 0 spiro atoms. The Labute approximate surface area is 130 Å². The number of aromatic nitrogens is 1. The Bertz CT molecular complexity index is 746. The average molecular weight is 292 g/mol. The number of nitrogens with zero attached hydrogens (tertiary/aromatic N) is 1. The Balaban J connectivity index is 1.46. The Hall–Kier alpha value is -2.55. The Kier molecular flexibility index (Phi) is 4.54. The van der Waals surface area contributed by atoms with E-state index < -0.39 is 0 Å². The molecule has 1 N–H and O–H groups in total. The molecule has 0 aliphatic heterocycles. The van der Waals surface area contributed by atoms with Crippen LogP contribution in [0.1, 0.15) is 12.0 Å². The van der Waals surface area contributed by atoms with E-state index in [4.69, 9.17) is 0 Å². The van der Waals surface area contributed by atoms with Crippen molar-refractivity contribution in [3.05, 3.63) is 72.4 Å². The first-order valence-electron chi connectivity index (χ1n) is 7.67. The van der Waals surface area contributed by atoms with Crippen molar-refractivity contribution in [2.45, 2.75) is 19.4 Å². The number of aryl methyl sites for hydroxylation is 1. The van der Waals surface area contributed by atoms with Crippen molar-refractivity contribution in [1.29, 1.82) is 0 Å². The van der Waals surface area contributed by atoms with Crippen molar-refractivity contribution < 1.29 is 4.79 Å². The fraction of sp³-hybridized carbons (Fsp3) is 0.211. The zero-order valence-electron chi connectivity index (χ0n) is 12.5. The molecule has 1 aromatic heterocycles. The van der Waals surface area contributed by atoms with Gasteiger partial charge >= 0.3 is 0 Å². The second-order valence-corrected chi connectivity index (χ2v) is 5.40. The number of hydrogen-bond donors (Lipinski definition) is 1. The highest BCUT2D eigenvalue weighted by Crippen LogP contribution is 2.15. The first kappa shape index (κ1) is 14.4. The summed E-state index contributed by atoms with van der Waals surface area (Å²) in [4.78, 5) is 11.9. The van der Waals surface area contributed by atoms with Crippen molar-refractivity contribution >= 4 is 16.8 Å². The molecule has 2 aromatic carbocycles. The zero-order chi connectivity index (χ0) is 15.2. The molecule has 0 aliphatic rings. The third kappa shape index (κ3) is 3.55. The lowest BCUT2D eigenvalue weighted by molar-refractivity contribution is -0.121. The minimum absolute atomic E-state index is 0.105. The van der Waals surface area contributed by atoms with Crippen LogP contribution < -0.4 is 5.32 Å². The second kappa shape index (κ2) is 6.94. The van der Waals surface area contributed by atoms with Crippen LogP contribution in [-0.2, 0) is 17.8 Å². The molecule has 3 rings (SSSR count). The van der Waals surface area contributed by atoms with Gasteiger partial charge in [0.15, 0.2) is 0 Å². The van der Waals surface area contributed by atoms with E-state index in [1.54, 1.807) is 0 Å². The van der Waals surface area contributed by atoms with Gasteiger partial charge in [0.2, 0.25) is 5.91 Å². The van der Waals surface area contributed by atoms with Gasteiger partial charge in [-0.2, -0.15) is 0 Å². The fourth-order valence-electron chi connectivity index (χ4n) is 2.64. The topological polar surface area (TPSA) is 34.0 Å². The molecular formula is C19H20N2O. The fourth-order valence-corrected chi connectivity index (χ4v) is 2.64. The molecule has 0 radical (unpaired) electrons. The van der Waals surface area contributed by atoms with Crippen molar-refractivity contribution in [2.75, 3.05) is 6.54 Å². The second-order valence-electron chi connectivity index (χ2n) is 5.40. The van der Waals surface area contributed by atoms with E-state index >= 15 is 0 Å². The maximum Gasteiger partial charge on any atom is 0.221 e. The maximum absolute atomic E-state index is 11.9. The van der Waals surface area contributed by atoms with E-state index in [0.29, 0.717) is 19.5 Å². The summed E-state index contributed by atoms with van der Waals surface area (Å²) in [6, 6.07) is 20.5. The van der Waals surface area contributed by atoms with Crippen LogP contribution in [0.5, 0.6) is 0 Å². The van der Waals surface area contributed by atoms with Gasteiger partial charge in [-0.1, -0.05) is 48.5 Å². The van der Waals surface area contributed by atoms with Gasteiger partial charge in [0, 0.05) is 31.2 Å². The number of carbonyl (C=O) groups is 1. The summed E-state index contributed by atoms with van der Waals surface area (Å²) >= 11 is 0. The molecule has 3 heteroatoms. The predicted octanol–water partition coefficient (Wildman–Crippen LogP) is 3.39. The van der Waals surface area contributed by atoms with Gasteiger partial charge in [0.1, 0.15) is 0 Å². The largest absolute Gasteiger partial charge is 0.356 e. The van der Waals surface area contributed by atoms with Crippen LogP contribution in [0.2, 0.25) is 0 Å². The lowest BCUT2D eigenvalue weighted by Crippen LogP contribution is -2.26. The van der Waals surface area contributed by atoms with E-state index in [0.717, 1.165) is 6.42 Å². The van der Waals surface area contributed by atoms with E-state index in [1.807, 2.05) is 36.5 Å². The molecule has 0 bridgehead atoms. The van der Waals surface area contributed by atoms with Crippen LogP contribution in [-0.4, -0.2) is 17.0 Å². The Morgan fingerprint density at radius 2 is 1.73 bits per heavy atom. The molecule has 1 heterocycles. The number of nitrogens with one attached hydrogen (secondary N) is 1. The Morgan fingerprint density at radius 3 is 2.59 bits per heavy atom. The van der Waals surface area contributed by atoms with Gasteiger partial charge in [-0.15, -0.1) is 0 Å². The molecule has 0 fully saturated rings. The van der Waals surface area contributed by atoms with E-state index in [1.165, 1.54) is 16.5 Å². The van der Waals surface area contributed by atoms with Gasteiger partial charge in [0.05, 0.1) is 0 Å². The number of amides is 1. The molecule has 0 unspecified atom stereocenters.